The van der Waals surface area contributed by atoms with Gasteiger partial charge in [-0.1, -0.05) is 13.8 Å². The summed E-state index contributed by atoms with van der Waals surface area (Å²) in [5.74, 6) is 1.96. The summed E-state index contributed by atoms with van der Waals surface area (Å²) in [7, 11) is -0.787. The molecule has 6 nitrogen and oxygen atoms in total. The summed E-state index contributed by atoms with van der Waals surface area (Å²) in [5.41, 5.74) is 0. The standard InChI is InChI=1S/C8H15N2.ClHO4/c1-7(2)8-9(3)5-6-10(8)4;2-1(3,4)5/h5-7H,1-4H3;(H,2,3,4,5)/q+1;/p-1. The first-order valence-corrected chi connectivity index (χ1v) is 5.49. The highest BCUT2D eigenvalue weighted by Gasteiger charge is 2.14. The van der Waals surface area contributed by atoms with Crippen molar-refractivity contribution in [1.29, 1.82) is 0 Å². The number of nitrogens with zero attached hydrogens (tertiary/aromatic N) is 2. The fourth-order valence-electron chi connectivity index (χ4n) is 1.42. The smallest absolute Gasteiger partial charge is 0.237 e. The van der Waals surface area contributed by atoms with Crippen LogP contribution >= 0.6 is 0 Å². The van der Waals surface area contributed by atoms with Gasteiger partial charge in [0.2, 0.25) is 0 Å². The van der Waals surface area contributed by atoms with Crippen molar-refractivity contribution in [3.05, 3.63) is 18.2 Å². The van der Waals surface area contributed by atoms with E-state index in [-0.39, 0.29) is 0 Å². The van der Waals surface area contributed by atoms with Crippen LogP contribution in [0.3, 0.4) is 0 Å². The van der Waals surface area contributed by atoms with Crippen LogP contribution in [0.1, 0.15) is 25.6 Å². The molecule has 0 aliphatic heterocycles. The molecule has 1 aromatic rings. The number of aryl methyl sites for hydroxylation is 2. The highest BCUT2D eigenvalue weighted by Crippen LogP contribution is 2.07. The van der Waals surface area contributed by atoms with Crippen molar-refractivity contribution in [2.45, 2.75) is 19.8 Å². The molecule has 0 atom stereocenters. The van der Waals surface area contributed by atoms with E-state index < -0.39 is 10.2 Å². The molecule has 0 unspecified atom stereocenters. The molecule has 1 rings (SSSR count). The third-order valence-corrected chi connectivity index (χ3v) is 1.75. The van der Waals surface area contributed by atoms with Gasteiger partial charge in [-0.25, -0.2) is 27.8 Å². The Hall–Kier alpha value is -0.660. The van der Waals surface area contributed by atoms with Gasteiger partial charge >= 0.3 is 0 Å². The minimum Gasteiger partial charge on any atom is -0.237 e. The molecular formula is C8H15ClN2O4. The lowest BCUT2D eigenvalue weighted by Crippen LogP contribution is -2.68. The van der Waals surface area contributed by atoms with Crippen LogP contribution < -0.4 is 23.2 Å². The summed E-state index contributed by atoms with van der Waals surface area (Å²) >= 11 is 0. The first-order chi connectivity index (χ1) is 6.63. The predicted octanol–water partition coefficient (Wildman–Crippen LogP) is -3.78. The molecule has 0 fully saturated rings. The third-order valence-electron chi connectivity index (χ3n) is 1.75. The lowest BCUT2D eigenvalue weighted by Gasteiger charge is -2.17. The van der Waals surface area contributed by atoms with Gasteiger partial charge in [0.1, 0.15) is 12.4 Å². The molecule has 0 saturated carbocycles. The molecule has 0 amide bonds. The minimum absolute atomic E-state index is 0.602. The zero-order valence-corrected chi connectivity index (χ0v) is 9.89. The second-order valence-corrected chi connectivity index (χ2v) is 4.17. The average Bonchev–Trinajstić information content (AvgIpc) is 2.26. The number of hydrogen-bond donors (Lipinski definition) is 0. The molecule has 0 radical (unpaired) electrons. The zero-order chi connectivity index (χ0) is 12.2. The monoisotopic (exact) mass is 238 g/mol. The Labute approximate surface area is 90.7 Å². The fraction of sp³-hybridized carbons (Fsp3) is 0.625. The van der Waals surface area contributed by atoms with E-state index >= 15 is 0 Å². The van der Waals surface area contributed by atoms with Crippen molar-refractivity contribution in [3.63, 3.8) is 0 Å². The molecule has 0 N–H and O–H groups in total. The van der Waals surface area contributed by atoms with E-state index in [2.05, 4.69) is 49.5 Å². The lowest BCUT2D eigenvalue weighted by molar-refractivity contribution is -2.00. The van der Waals surface area contributed by atoms with E-state index in [1.807, 2.05) is 0 Å². The molecule has 0 aliphatic carbocycles. The van der Waals surface area contributed by atoms with E-state index in [1.54, 1.807) is 0 Å². The number of imidazole rings is 1. The second kappa shape index (κ2) is 5.43. The van der Waals surface area contributed by atoms with Crippen LogP contribution in [0.15, 0.2) is 12.4 Å². The number of hydrogen-bond acceptors (Lipinski definition) is 4. The molecule has 1 aromatic heterocycles. The third kappa shape index (κ3) is 6.43. The minimum atomic E-state index is -4.94. The summed E-state index contributed by atoms with van der Waals surface area (Å²) in [4.78, 5) is 0. The maximum atomic E-state index is 8.49. The molecule has 0 spiro atoms. The van der Waals surface area contributed by atoms with Gasteiger partial charge in [0.15, 0.2) is 0 Å². The first-order valence-electron chi connectivity index (χ1n) is 4.25. The van der Waals surface area contributed by atoms with Gasteiger partial charge in [-0.15, -0.1) is 10.2 Å². The van der Waals surface area contributed by atoms with E-state index in [1.165, 1.54) is 5.82 Å². The Morgan fingerprint density at radius 2 is 1.67 bits per heavy atom. The Balaban J connectivity index is 0.000000336. The van der Waals surface area contributed by atoms with Crippen molar-refractivity contribution in [3.8, 4) is 0 Å². The van der Waals surface area contributed by atoms with Crippen LogP contribution in [0, 0.1) is 10.2 Å². The van der Waals surface area contributed by atoms with Gasteiger partial charge in [-0.3, -0.25) is 0 Å². The van der Waals surface area contributed by atoms with Crippen molar-refractivity contribution < 1.29 is 33.4 Å². The van der Waals surface area contributed by atoms with Crippen LogP contribution in [-0.4, -0.2) is 4.57 Å². The van der Waals surface area contributed by atoms with Crippen molar-refractivity contribution in [1.82, 2.24) is 4.57 Å². The van der Waals surface area contributed by atoms with Crippen LogP contribution in [0.4, 0.5) is 0 Å². The normalized spacial score (nSPS) is 11.3. The van der Waals surface area contributed by atoms with Crippen molar-refractivity contribution in [2.24, 2.45) is 14.1 Å². The van der Waals surface area contributed by atoms with Gasteiger partial charge in [-0.2, -0.15) is 0 Å². The second-order valence-electron chi connectivity index (χ2n) is 3.41. The maximum Gasteiger partial charge on any atom is 0.258 e. The molecule has 0 aliphatic rings. The quantitative estimate of drug-likeness (QED) is 0.469. The Kier molecular flexibility index (Phi) is 5.19. The van der Waals surface area contributed by atoms with Gasteiger partial charge in [0, 0.05) is 0 Å². The molecule has 1 heterocycles. The van der Waals surface area contributed by atoms with E-state index in [4.69, 9.17) is 18.6 Å². The highest BCUT2D eigenvalue weighted by atomic mass is 35.7. The predicted molar refractivity (Wildman–Crippen MR) is 40.7 cm³/mol. The SMILES string of the molecule is CC(C)c1n(C)cc[n+]1C.[O-][Cl+3]([O-])([O-])[O-]. The van der Waals surface area contributed by atoms with Crippen LogP contribution in [0.2, 0.25) is 0 Å². The van der Waals surface area contributed by atoms with E-state index in [0.717, 1.165) is 0 Å². The largest absolute Gasteiger partial charge is 0.258 e. The van der Waals surface area contributed by atoms with Crippen LogP contribution in [0.5, 0.6) is 0 Å². The molecule has 7 heteroatoms. The molecule has 0 saturated heterocycles. The Morgan fingerprint density at radius 3 is 1.80 bits per heavy atom. The number of rotatable bonds is 1. The highest BCUT2D eigenvalue weighted by molar-refractivity contribution is 4.87. The van der Waals surface area contributed by atoms with Gasteiger partial charge < -0.3 is 0 Å². The van der Waals surface area contributed by atoms with E-state index in [0.29, 0.717) is 5.92 Å². The summed E-state index contributed by atoms with van der Waals surface area (Å²) in [6.45, 7) is 4.41. The van der Waals surface area contributed by atoms with Crippen molar-refractivity contribution in [2.75, 3.05) is 0 Å². The fourth-order valence-corrected chi connectivity index (χ4v) is 1.42. The molecular weight excluding hydrogens is 224 g/mol. The molecule has 0 aromatic carbocycles. The zero-order valence-electron chi connectivity index (χ0n) is 9.14. The molecule has 0 bridgehead atoms. The number of halogens is 1. The maximum absolute atomic E-state index is 8.49. The van der Waals surface area contributed by atoms with Gasteiger partial charge in [0.25, 0.3) is 5.82 Å². The Bertz CT molecular complexity index is 281. The Morgan fingerprint density at radius 1 is 1.27 bits per heavy atom. The summed E-state index contributed by atoms with van der Waals surface area (Å²) in [6, 6.07) is 0. The van der Waals surface area contributed by atoms with Gasteiger partial charge in [0.05, 0.1) is 20.0 Å². The summed E-state index contributed by atoms with van der Waals surface area (Å²) in [5, 5.41) is 0. The van der Waals surface area contributed by atoms with Crippen LogP contribution in [0.25, 0.3) is 0 Å². The van der Waals surface area contributed by atoms with Crippen molar-refractivity contribution >= 4 is 0 Å². The first kappa shape index (κ1) is 14.3. The van der Waals surface area contributed by atoms with E-state index in [9.17, 15) is 0 Å². The van der Waals surface area contributed by atoms with Crippen LogP contribution in [-0.2, 0) is 14.1 Å². The number of aromatic nitrogens is 2. The topological polar surface area (TPSA) is 101 Å². The average molecular weight is 239 g/mol. The molecule has 88 valence electrons. The van der Waals surface area contributed by atoms with Gasteiger partial charge in [-0.05, 0) is 0 Å². The lowest BCUT2D eigenvalue weighted by atomic mass is 10.2. The summed E-state index contributed by atoms with van der Waals surface area (Å²) < 4.78 is 38.3. The summed E-state index contributed by atoms with van der Waals surface area (Å²) in [6.07, 6.45) is 4.16. The molecule has 15 heavy (non-hydrogen) atoms.